The summed E-state index contributed by atoms with van der Waals surface area (Å²) in [5.74, 6) is 0.993. The fraction of sp³-hybridized carbons (Fsp3) is 0.533. The van der Waals surface area contributed by atoms with Crippen molar-refractivity contribution in [1.29, 1.82) is 0 Å². The minimum Gasteiger partial charge on any atom is -0.494 e. The van der Waals surface area contributed by atoms with E-state index < -0.39 is 0 Å². The van der Waals surface area contributed by atoms with E-state index in [9.17, 15) is 4.79 Å². The maximum Gasteiger partial charge on any atom is 0.220 e. The van der Waals surface area contributed by atoms with Crippen LogP contribution in [0.5, 0.6) is 5.75 Å². The van der Waals surface area contributed by atoms with Crippen molar-refractivity contribution >= 4 is 28.5 Å². The molecule has 0 aliphatic carbocycles. The van der Waals surface area contributed by atoms with Crippen molar-refractivity contribution in [3.05, 3.63) is 27.8 Å². The molecule has 2 rings (SSSR count). The van der Waals surface area contributed by atoms with Crippen molar-refractivity contribution in [2.45, 2.75) is 31.7 Å². The fourth-order valence-electron chi connectivity index (χ4n) is 2.23. The molecule has 2 N–H and O–H groups in total. The Bertz CT molecular complexity index is 416. The third kappa shape index (κ3) is 5.66. The summed E-state index contributed by atoms with van der Waals surface area (Å²) in [6, 6.07) is 8.23. The van der Waals surface area contributed by atoms with Crippen LogP contribution >= 0.6 is 22.6 Å². The van der Waals surface area contributed by atoms with Crippen LogP contribution in [0.1, 0.15) is 25.7 Å². The molecule has 5 heteroatoms. The highest BCUT2D eigenvalue weighted by Crippen LogP contribution is 2.13. The van der Waals surface area contributed by atoms with E-state index in [4.69, 9.17) is 4.74 Å². The van der Waals surface area contributed by atoms with Gasteiger partial charge in [-0.2, -0.15) is 0 Å². The van der Waals surface area contributed by atoms with Crippen molar-refractivity contribution in [3.63, 3.8) is 0 Å². The van der Waals surface area contributed by atoms with Gasteiger partial charge in [-0.25, -0.2) is 0 Å². The van der Waals surface area contributed by atoms with E-state index in [1.54, 1.807) is 0 Å². The summed E-state index contributed by atoms with van der Waals surface area (Å²) in [5, 5.41) is 6.36. The van der Waals surface area contributed by atoms with E-state index in [-0.39, 0.29) is 5.91 Å². The molecule has 0 bridgehead atoms. The van der Waals surface area contributed by atoms with Crippen LogP contribution in [-0.2, 0) is 4.79 Å². The van der Waals surface area contributed by atoms with Crippen LogP contribution in [0.2, 0.25) is 0 Å². The second-order valence-corrected chi connectivity index (χ2v) is 6.26. The van der Waals surface area contributed by atoms with Gasteiger partial charge in [0, 0.05) is 22.6 Å². The summed E-state index contributed by atoms with van der Waals surface area (Å²) in [6.07, 6.45) is 3.50. The van der Waals surface area contributed by atoms with E-state index >= 15 is 0 Å². The normalized spacial score (nSPS) is 18.6. The highest BCUT2D eigenvalue weighted by atomic mass is 127. The van der Waals surface area contributed by atoms with E-state index in [0.717, 1.165) is 38.1 Å². The van der Waals surface area contributed by atoms with Gasteiger partial charge in [-0.15, -0.1) is 0 Å². The molecule has 0 saturated carbocycles. The molecule has 1 atom stereocenters. The minimum atomic E-state index is 0.130. The van der Waals surface area contributed by atoms with Gasteiger partial charge in [-0.05, 0) is 72.7 Å². The molecule has 1 aromatic carbocycles. The number of ether oxygens (including phenoxy) is 1. The van der Waals surface area contributed by atoms with Crippen LogP contribution in [-0.4, -0.2) is 31.6 Å². The lowest BCUT2D eigenvalue weighted by molar-refractivity contribution is -0.122. The molecular weight excluding hydrogens is 367 g/mol. The maximum absolute atomic E-state index is 11.8. The second kappa shape index (κ2) is 8.46. The van der Waals surface area contributed by atoms with Gasteiger partial charge in [0.05, 0.1) is 6.61 Å². The highest BCUT2D eigenvalue weighted by Gasteiger charge is 2.14. The van der Waals surface area contributed by atoms with Crippen LogP contribution in [0.3, 0.4) is 0 Å². The Hall–Kier alpha value is -0.820. The molecule has 0 spiro atoms. The minimum absolute atomic E-state index is 0.130. The first-order valence-electron chi connectivity index (χ1n) is 7.12. The molecule has 1 saturated heterocycles. The van der Waals surface area contributed by atoms with Crippen molar-refractivity contribution in [1.82, 2.24) is 10.6 Å². The standard InChI is InChI=1S/C15H21IN2O2/c16-12-5-7-14(8-6-12)20-10-2-4-15(19)18-13-3-1-9-17-11-13/h5-8,13,17H,1-4,9-11H2,(H,18,19). The van der Waals surface area contributed by atoms with Gasteiger partial charge in [0.2, 0.25) is 5.91 Å². The molecule has 20 heavy (non-hydrogen) atoms. The molecule has 1 fully saturated rings. The Balaban J connectivity index is 1.58. The van der Waals surface area contributed by atoms with Crippen molar-refractivity contribution in [2.75, 3.05) is 19.7 Å². The van der Waals surface area contributed by atoms with E-state index in [2.05, 4.69) is 33.2 Å². The number of carbonyl (C=O) groups excluding carboxylic acids is 1. The van der Waals surface area contributed by atoms with E-state index in [1.165, 1.54) is 3.57 Å². The molecule has 1 unspecified atom stereocenters. The summed E-state index contributed by atoms with van der Waals surface area (Å²) in [5.41, 5.74) is 0. The molecule has 0 aromatic heterocycles. The first-order chi connectivity index (χ1) is 9.74. The predicted molar refractivity (Wildman–Crippen MR) is 87.9 cm³/mol. The molecule has 1 heterocycles. The zero-order chi connectivity index (χ0) is 14.2. The number of piperidine rings is 1. The Kier molecular flexibility index (Phi) is 6.59. The molecule has 1 aromatic rings. The molecule has 0 radical (unpaired) electrons. The van der Waals surface area contributed by atoms with Crippen molar-refractivity contribution in [2.24, 2.45) is 0 Å². The third-order valence-corrected chi connectivity index (χ3v) is 4.01. The van der Waals surface area contributed by atoms with Gasteiger partial charge < -0.3 is 15.4 Å². The zero-order valence-corrected chi connectivity index (χ0v) is 13.7. The van der Waals surface area contributed by atoms with Gasteiger partial charge in [-0.1, -0.05) is 0 Å². The summed E-state index contributed by atoms with van der Waals surface area (Å²) in [4.78, 5) is 11.8. The monoisotopic (exact) mass is 388 g/mol. The highest BCUT2D eigenvalue weighted by molar-refractivity contribution is 14.1. The number of rotatable bonds is 6. The summed E-state index contributed by atoms with van der Waals surface area (Å²) in [7, 11) is 0. The number of amides is 1. The summed E-state index contributed by atoms with van der Waals surface area (Å²) < 4.78 is 6.80. The van der Waals surface area contributed by atoms with E-state index in [0.29, 0.717) is 19.1 Å². The molecule has 4 nitrogen and oxygen atoms in total. The van der Waals surface area contributed by atoms with Crippen LogP contribution in [0.15, 0.2) is 24.3 Å². The van der Waals surface area contributed by atoms with Crippen molar-refractivity contribution in [3.8, 4) is 5.75 Å². The van der Waals surface area contributed by atoms with Crippen molar-refractivity contribution < 1.29 is 9.53 Å². The lowest BCUT2D eigenvalue weighted by atomic mass is 10.1. The van der Waals surface area contributed by atoms with Gasteiger partial charge in [-0.3, -0.25) is 4.79 Å². The molecule has 1 amide bonds. The smallest absolute Gasteiger partial charge is 0.220 e. The average molecular weight is 388 g/mol. The SMILES string of the molecule is O=C(CCCOc1ccc(I)cc1)NC1CCCNC1. The van der Waals surface area contributed by atoms with Crippen LogP contribution < -0.4 is 15.4 Å². The number of carbonyl (C=O) groups is 1. The Labute approximate surface area is 133 Å². The number of hydrogen-bond acceptors (Lipinski definition) is 3. The number of benzene rings is 1. The Morgan fingerprint density at radius 1 is 1.40 bits per heavy atom. The average Bonchev–Trinajstić information content (AvgIpc) is 2.46. The lowest BCUT2D eigenvalue weighted by Crippen LogP contribution is -2.45. The second-order valence-electron chi connectivity index (χ2n) is 5.02. The van der Waals surface area contributed by atoms with E-state index in [1.807, 2.05) is 24.3 Å². The Morgan fingerprint density at radius 3 is 2.90 bits per heavy atom. The number of halogens is 1. The van der Waals surface area contributed by atoms with Crippen LogP contribution in [0.25, 0.3) is 0 Å². The molecule has 110 valence electrons. The van der Waals surface area contributed by atoms with Crippen LogP contribution in [0, 0.1) is 3.57 Å². The summed E-state index contributed by atoms with van der Waals surface area (Å²) in [6.45, 7) is 2.54. The number of hydrogen-bond donors (Lipinski definition) is 2. The number of nitrogens with one attached hydrogen (secondary N) is 2. The Morgan fingerprint density at radius 2 is 2.20 bits per heavy atom. The fourth-order valence-corrected chi connectivity index (χ4v) is 2.59. The summed E-state index contributed by atoms with van der Waals surface area (Å²) >= 11 is 2.26. The molecule has 1 aliphatic heterocycles. The van der Waals surface area contributed by atoms with Crippen LogP contribution in [0.4, 0.5) is 0 Å². The molecular formula is C15H21IN2O2. The molecule has 1 aliphatic rings. The largest absolute Gasteiger partial charge is 0.494 e. The first kappa shape index (κ1) is 15.6. The quantitative estimate of drug-likeness (QED) is 0.581. The first-order valence-corrected chi connectivity index (χ1v) is 8.20. The van der Waals surface area contributed by atoms with Gasteiger partial charge >= 0.3 is 0 Å². The van der Waals surface area contributed by atoms with Gasteiger partial charge in [0.15, 0.2) is 0 Å². The topological polar surface area (TPSA) is 50.4 Å². The zero-order valence-electron chi connectivity index (χ0n) is 11.5. The third-order valence-electron chi connectivity index (χ3n) is 3.29. The lowest BCUT2D eigenvalue weighted by Gasteiger charge is -2.23. The van der Waals surface area contributed by atoms with Gasteiger partial charge in [0.1, 0.15) is 5.75 Å². The predicted octanol–water partition coefficient (Wildman–Crippen LogP) is 2.32. The maximum atomic E-state index is 11.8. The van der Waals surface area contributed by atoms with Gasteiger partial charge in [0.25, 0.3) is 0 Å².